The Morgan fingerprint density at radius 1 is 1.11 bits per heavy atom. The summed E-state index contributed by atoms with van der Waals surface area (Å²) >= 11 is 1.90. The van der Waals surface area contributed by atoms with Crippen molar-refractivity contribution in [2.75, 3.05) is 18.5 Å². The highest BCUT2D eigenvalue weighted by Crippen LogP contribution is 2.24. The second-order valence-electron chi connectivity index (χ2n) is 4.70. The van der Waals surface area contributed by atoms with Crippen molar-refractivity contribution in [3.8, 4) is 0 Å². The van der Waals surface area contributed by atoms with E-state index in [2.05, 4.69) is 60.5 Å². The van der Waals surface area contributed by atoms with Gasteiger partial charge in [0.15, 0.2) is 0 Å². The smallest absolute Gasteiger partial charge is 0.0522 e. The van der Waals surface area contributed by atoms with Crippen molar-refractivity contribution in [2.45, 2.75) is 26.9 Å². The van der Waals surface area contributed by atoms with Crippen molar-refractivity contribution in [3.05, 3.63) is 51.7 Å². The van der Waals surface area contributed by atoms with E-state index in [1.807, 2.05) is 18.4 Å². The monoisotopic (exact) mass is 274 g/mol. The lowest BCUT2D eigenvalue weighted by atomic mass is 10.2. The molecular formula is C16H22N2S. The van der Waals surface area contributed by atoms with Gasteiger partial charge in [0.1, 0.15) is 0 Å². The van der Waals surface area contributed by atoms with E-state index in [1.165, 1.54) is 21.0 Å². The van der Waals surface area contributed by atoms with Crippen LogP contribution >= 0.6 is 11.3 Å². The molecule has 1 aromatic heterocycles. The molecule has 0 amide bonds. The molecule has 0 aliphatic heterocycles. The zero-order chi connectivity index (χ0) is 13.7. The predicted octanol–water partition coefficient (Wildman–Crippen LogP) is 3.80. The molecule has 1 aromatic carbocycles. The van der Waals surface area contributed by atoms with Gasteiger partial charge < -0.3 is 10.2 Å². The molecule has 2 nitrogen and oxygen atoms in total. The van der Waals surface area contributed by atoms with Crippen LogP contribution in [0.25, 0.3) is 0 Å². The van der Waals surface area contributed by atoms with Crippen LogP contribution in [0.15, 0.2) is 36.4 Å². The van der Waals surface area contributed by atoms with E-state index in [9.17, 15) is 0 Å². The number of hydrogen-bond acceptors (Lipinski definition) is 3. The Kier molecular flexibility index (Phi) is 5.00. The van der Waals surface area contributed by atoms with E-state index in [1.54, 1.807) is 0 Å². The van der Waals surface area contributed by atoms with E-state index in [0.717, 1.165) is 19.6 Å². The van der Waals surface area contributed by atoms with Gasteiger partial charge in [0, 0.05) is 28.5 Å². The fourth-order valence-corrected chi connectivity index (χ4v) is 3.30. The lowest BCUT2D eigenvalue weighted by Gasteiger charge is -2.24. The fourth-order valence-electron chi connectivity index (χ4n) is 2.25. The molecule has 0 atom stereocenters. The average Bonchev–Trinajstić information content (AvgIpc) is 2.85. The summed E-state index contributed by atoms with van der Waals surface area (Å²) in [5, 5.41) is 3.20. The van der Waals surface area contributed by atoms with Gasteiger partial charge in [-0.2, -0.15) is 0 Å². The maximum absolute atomic E-state index is 3.20. The molecule has 0 saturated heterocycles. The van der Waals surface area contributed by atoms with Crippen LogP contribution in [0.4, 0.5) is 5.69 Å². The normalized spacial score (nSPS) is 10.7. The molecule has 0 aliphatic rings. The fraction of sp³-hybridized carbons (Fsp3) is 0.375. The van der Waals surface area contributed by atoms with Gasteiger partial charge in [-0.1, -0.05) is 18.2 Å². The average molecular weight is 274 g/mol. The zero-order valence-electron chi connectivity index (χ0n) is 11.9. The first-order valence-corrected chi connectivity index (χ1v) is 7.59. The molecule has 2 aromatic rings. The van der Waals surface area contributed by atoms with E-state index < -0.39 is 0 Å². The Morgan fingerprint density at radius 3 is 2.53 bits per heavy atom. The molecule has 19 heavy (non-hydrogen) atoms. The molecule has 1 N–H and O–H groups in total. The van der Waals surface area contributed by atoms with Crippen LogP contribution in [0.3, 0.4) is 0 Å². The number of aryl methyl sites for hydroxylation is 1. The molecule has 0 spiro atoms. The largest absolute Gasteiger partial charge is 0.366 e. The highest BCUT2D eigenvalue weighted by atomic mass is 32.1. The first-order valence-electron chi connectivity index (χ1n) is 6.77. The van der Waals surface area contributed by atoms with E-state index >= 15 is 0 Å². The van der Waals surface area contributed by atoms with E-state index in [4.69, 9.17) is 0 Å². The number of nitrogens with one attached hydrogen (secondary N) is 1. The molecule has 0 fully saturated rings. The SMILES string of the molecule is CCN(Cc1ccc(CNC)s1)c1ccccc1C. The van der Waals surface area contributed by atoms with E-state index in [-0.39, 0.29) is 0 Å². The summed E-state index contributed by atoms with van der Waals surface area (Å²) in [5.74, 6) is 0. The van der Waals surface area contributed by atoms with Gasteiger partial charge in [-0.15, -0.1) is 11.3 Å². The topological polar surface area (TPSA) is 15.3 Å². The number of rotatable bonds is 6. The molecule has 2 rings (SSSR count). The van der Waals surface area contributed by atoms with Crippen molar-refractivity contribution in [1.29, 1.82) is 0 Å². The molecule has 1 heterocycles. The van der Waals surface area contributed by atoms with Crippen molar-refractivity contribution < 1.29 is 0 Å². The third kappa shape index (κ3) is 3.58. The number of anilines is 1. The van der Waals surface area contributed by atoms with Crippen molar-refractivity contribution in [2.24, 2.45) is 0 Å². The van der Waals surface area contributed by atoms with Crippen LogP contribution < -0.4 is 10.2 Å². The minimum Gasteiger partial charge on any atom is -0.366 e. The molecule has 0 bridgehead atoms. The third-order valence-electron chi connectivity index (χ3n) is 3.25. The Labute approximate surface area is 120 Å². The van der Waals surface area contributed by atoms with Crippen LogP contribution in [-0.4, -0.2) is 13.6 Å². The summed E-state index contributed by atoms with van der Waals surface area (Å²) in [4.78, 5) is 5.26. The third-order valence-corrected chi connectivity index (χ3v) is 4.32. The molecule has 102 valence electrons. The highest BCUT2D eigenvalue weighted by molar-refractivity contribution is 7.12. The van der Waals surface area contributed by atoms with Gasteiger partial charge in [-0.3, -0.25) is 0 Å². The highest BCUT2D eigenvalue weighted by Gasteiger charge is 2.09. The molecule has 0 saturated carbocycles. The second kappa shape index (κ2) is 6.73. The van der Waals surface area contributed by atoms with Gasteiger partial charge in [0.25, 0.3) is 0 Å². The van der Waals surface area contributed by atoms with Crippen LogP contribution in [-0.2, 0) is 13.1 Å². The Bertz CT molecular complexity index is 519. The number of para-hydroxylation sites is 1. The van der Waals surface area contributed by atoms with Crippen molar-refractivity contribution in [1.82, 2.24) is 5.32 Å². The summed E-state index contributed by atoms with van der Waals surface area (Å²) < 4.78 is 0. The molecule has 3 heteroatoms. The standard InChI is InChI=1S/C16H22N2S/c1-4-18(16-8-6-5-7-13(16)2)12-15-10-9-14(19-15)11-17-3/h5-10,17H,4,11-12H2,1-3H3. The molecule has 0 aliphatic carbocycles. The summed E-state index contributed by atoms with van der Waals surface area (Å²) in [7, 11) is 1.99. The summed E-state index contributed by atoms with van der Waals surface area (Å²) in [6.07, 6.45) is 0. The summed E-state index contributed by atoms with van der Waals surface area (Å²) in [6.45, 7) is 7.38. The maximum Gasteiger partial charge on any atom is 0.0522 e. The van der Waals surface area contributed by atoms with E-state index in [0.29, 0.717) is 0 Å². The first kappa shape index (κ1) is 14.1. The number of thiophene rings is 1. The number of hydrogen-bond donors (Lipinski definition) is 1. The Morgan fingerprint density at radius 2 is 1.84 bits per heavy atom. The van der Waals surface area contributed by atoms with Gasteiger partial charge in [0.05, 0.1) is 6.54 Å². The zero-order valence-corrected chi connectivity index (χ0v) is 12.8. The van der Waals surface area contributed by atoms with Crippen LogP contribution in [0, 0.1) is 6.92 Å². The maximum atomic E-state index is 3.20. The quantitative estimate of drug-likeness (QED) is 0.862. The minimum absolute atomic E-state index is 0.959. The van der Waals surface area contributed by atoms with Crippen molar-refractivity contribution >= 4 is 17.0 Å². The molecule has 0 radical (unpaired) electrons. The Hall–Kier alpha value is -1.32. The first-order chi connectivity index (χ1) is 9.24. The molecular weight excluding hydrogens is 252 g/mol. The van der Waals surface area contributed by atoms with Gasteiger partial charge in [0.2, 0.25) is 0 Å². The lowest BCUT2D eigenvalue weighted by Crippen LogP contribution is -2.22. The van der Waals surface area contributed by atoms with Crippen LogP contribution in [0.1, 0.15) is 22.2 Å². The van der Waals surface area contributed by atoms with Gasteiger partial charge in [-0.05, 0) is 44.7 Å². The lowest BCUT2D eigenvalue weighted by molar-refractivity contribution is 0.831. The van der Waals surface area contributed by atoms with Gasteiger partial charge >= 0.3 is 0 Å². The minimum atomic E-state index is 0.959. The predicted molar refractivity (Wildman–Crippen MR) is 85.0 cm³/mol. The Balaban J connectivity index is 2.12. The second-order valence-corrected chi connectivity index (χ2v) is 5.95. The molecule has 0 unspecified atom stereocenters. The number of nitrogens with zero attached hydrogens (tertiary/aromatic N) is 1. The van der Waals surface area contributed by atoms with Crippen molar-refractivity contribution in [3.63, 3.8) is 0 Å². The van der Waals surface area contributed by atoms with Crippen LogP contribution in [0.2, 0.25) is 0 Å². The van der Waals surface area contributed by atoms with Gasteiger partial charge in [-0.25, -0.2) is 0 Å². The summed E-state index contributed by atoms with van der Waals surface area (Å²) in [6, 6.07) is 13.1. The summed E-state index contributed by atoms with van der Waals surface area (Å²) in [5.41, 5.74) is 2.69. The van der Waals surface area contributed by atoms with Crippen LogP contribution in [0.5, 0.6) is 0 Å². The number of benzene rings is 1.